The van der Waals surface area contributed by atoms with Gasteiger partial charge < -0.3 is 4.74 Å². The maximum atomic E-state index is 12.5. The van der Waals surface area contributed by atoms with Gasteiger partial charge >= 0.3 is 5.97 Å². The van der Waals surface area contributed by atoms with Crippen molar-refractivity contribution >= 4 is 35.5 Å². The summed E-state index contributed by atoms with van der Waals surface area (Å²) in [4.78, 5) is 36.2. The van der Waals surface area contributed by atoms with Crippen LogP contribution in [0.25, 0.3) is 6.08 Å². The van der Waals surface area contributed by atoms with Crippen LogP contribution in [0.4, 0.5) is 0 Å². The first-order chi connectivity index (χ1) is 12.3. The van der Waals surface area contributed by atoms with Crippen LogP contribution in [0.1, 0.15) is 37.4 Å². The molecule has 9 heteroatoms. The van der Waals surface area contributed by atoms with Crippen molar-refractivity contribution in [1.29, 1.82) is 0 Å². The highest BCUT2D eigenvalue weighted by atomic mass is 35.5. The van der Waals surface area contributed by atoms with Gasteiger partial charge in [-0.25, -0.2) is 5.01 Å². The molecule has 0 bridgehead atoms. The number of carbonyl (C=O) groups is 3. The minimum atomic E-state index is -0.417. The van der Waals surface area contributed by atoms with Crippen molar-refractivity contribution < 1.29 is 19.1 Å². The van der Waals surface area contributed by atoms with Crippen molar-refractivity contribution in [2.45, 2.75) is 33.1 Å². The molecule has 0 spiro atoms. The largest absolute Gasteiger partial charge is 0.466 e. The predicted molar refractivity (Wildman–Crippen MR) is 95.9 cm³/mol. The second-order valence-corrected chi connectivity index (χ2v) is 6.24. The Morgan fingerprint density at radius 3 is 2.54 bits per heavy atom. The number of aryl methyl sites for hydroxylation is 2. The van der Waals surface area contributed by atoms with Crippen molar-refractivity contribution in [2.24, 2.45) is 7.05 Å². The number of carbonyl (C=O) groups excluding carboxylic acids is 3. The van der Waals surface area contributed by atoms with E-state index in [4.69, 9.17) is 16.3 Å². The van der Waals surface area contributed by atoms with Crippen LogP contribution in [-0.4, -0.2) is 57.3 Å². The quantitative estimate of drug-likeness (QED) is 0.552. The third-order valence-electron chi connectivity index (χ3n) is 4.01. The summed E-state index contributed by atoms with van der Waals surface area (Å²) in [5.74, 6) is -1.00. The standard InChI is InChI=1S/C17H23ClN4O4/c1-4-26-16(25)9-8-15(24)22-11-5-10-21(22)14(23)7-6-13-12(2)19-20(3)17(13)18/h6-7H,4-5,8-11H2,1-3H3. The molecule has 0 atom stereocenters. The summed E-state index contributed by atoms with van der Waals surface area (Å²) in [5, 5.41) is 7.41. The van der Waals surface area contributed by atoms with Crippen LogP contribution < -0.4 is 0 Å². The van der Waals surface area contributed by atoms with Gasteiger partial charge in [-0.05, 0) is 26.3 Å². The molecule has 0 unspecified atom stereocenters. The lowest BCUT2D eigenvalue weighted by Crippen LogP contribution is -2.44. The van der Waals surface area contributed by atoms with E-state index in [2.05, 4.69) is 5.10 Å². The first-order valence-corrected chi connectivity index (χ1v) is 8.87. The molecule has 0 saturated carbocycles. The molecule has 0 N–H and O–H groups in total. The van der Waals surface area contributed by atoms with E-state index in [0.29, 0.717) is 35.9 Å². The van der Waals surface area contributed by atoms with Crippen LogP contribution in [0.5, 0.6) is 0 Å². The summed E-state index contributed by atoms with van der Waals surface area (Å²) < 4.78 is 6.35. The summed E-state index contributed by atoms with van der Waals surface area (Å²) in [6.07, 6.45) is 3.70. The number of rotatable bonds is 6. The van der Waals surface area contributed by atoms with Gasteiger partial charge in [0, 0.05) is 38.2 Å². The lowest BCUT2D eigenvalue weighted by Gasteiger charge is -2.26. The monoisotopic (exact) mass is 382 g/mol. The smallest absolute Gasteiger partial charge is 0.306 e. The molecule has 1 aliphatic rings. The molecule has 1 fully saturated rings. The van der Waals surface area contributed by atoms with Crippen molar-refractivity contribution in [1.82, 2.24) is 19.8 Å². The number of ether oxygens (including phenoxy) is 1. The van der Waals surface area contributed by atoms with Gasteiger partial charge in [0.2, 0.25) is 5.91 Å². The van der Waals surface area contributed by atoms with E-state index in [1.54, 1.807) is 27.0 Å². The molecule has 2 amide bonds. The Labute approximate surface area is 157 Å². The van der Waals surface area contributed by atoms with Crippen LogP contribution >= 0.6 is 11.6 Å². The molecular weight excluding hydrogens is 360 g/mol. The van der Waals surface area contributed by atoms with E-state index in [-0.39, 0.29) is 31.3 Å². The maximum Gasteiger partial charge on any atom is 0.306 e. The molecule has 1 saturated heterocycles. The molecule has 8 nitrogen and oxygen atoms in total. The fraction of sp³-hybridized carbons (Fsp3) is 0.529. The summed E-state index contributed by atoms with van der Waals surface area (Å²) in [5.41, 5.74) is 1.38. The van der Waals surface area contributed by atoms with Gasteiger partial charge in [-0.1, -0.05) is 11.6 Å². The second-order valence-electron chi connectivity index (χ2n) is 5.88. The van der Waals surface area contributed by atoms with Gasteiger partial charge in [0.25, 0.3) is 5.91 Å². The molecule has 1 aromatic heterocycles. The van der Waals surface area contributed by atoms with Crippen LogP contribution in [0.15, 0.2) is 6.08 Å². The number of aromatic nitrogens is 2. The van der Waals surface area contributed by atoms with Crippen molar-refractivity contribution in [3.8, 4) is 0 Å². The van der Waals surface area contributed by atoms with E-state index in [9.17, 15) is 14.4 Å². The normalized spacial score (nSPS) is 14.3. The molecule has 1 aliphatic heterocycles. The van der Waals surface area contributed by atoms with Gasteiger partial charge in [-0.3, -0.25) is 24.1 Å². The average molecular weight is 383 g/mol. The number of halogens is 1. The van der Waals surface area contributed by atoms with Crippen molar-refractivity contribution in [3.63, 3.8) is 0 Å². The zero-order chi connectivity index (χ0) is 19.3. The highest BCUT2D eigenvalue weighted by Gasteiger charge is 2.29. The fourth-order valence-electron chi connectivity index (χ4n) is 2.75. The van der Waals surface area contributed by atoms with Gasteiger partial charge in [0.05, 0.1) is 18.7 Å². The highest BCUT2D eigenvalue weighted by molar-refractivity contribution is 6.31. The van der Waals surface area contributed by atoms with Crippen molar-refractivity contribution in [2.75, 3.05) is 19.7 Å². The number of hydrazine groups is 1. The van der Waals surface area contributed by atoms with E-state index in [1.165, 1.54) is 20.8 Å². The number of hydrogen-bond donors (Lipinski definition) is 0. The highest BCUT2D eigenvalue weighted by Crippen LogP contribution is 2.21. The van der Waals surface area contributed by atoms with Crippen LogP contribution in [0.3, 0.4) is 0 Å². The SMILES string of the molecule is CCOC(=O)CCC(=O)N1CCCN1C(=O)C=Cc1c(C)nn(C)c1Cl. The molecule has 0 aliphatic carbocycles. The second kappa shape index (κ2) is 8.84. The maximum absolute atomic E-state index is 12.5. The van der Waals surface area contributed by atoms with E-state index in [0.717, 1.165) is 0 Å². The van der Waals surface area contributed by atoms with Crippen LogP contribution in [-0.2, 0) is 26.2 Å². The van der Waals surface area contributed by atoms with E-state index < -0.39 is 5.97 Å². The molecule has 1 aromatic rings. The minimum Gasteiger partial charge on any atom is -0.466 e. The van der Waals surface area contributed by atoms with Gasteiger partial charge in [0.15, 0.2) is 0 Å². The Balaban J connectivity index is 2.00. The van der Waals surface area contributed by atoms with Gasteiger partial charge in [-0.15, -0.1) is 0 Å². The molecule has 142 valence electrons. The van der Waals surface area contributed by atoms with Gasteiger partial charge in [0.1, 0.15) is 5.15 Å². The fourth-order valence-corrected chi connectivity index (χ4v) is 2.99. The number of esters is 1. The summed E-state index contributed by atoms with van der Waals surface area (Å²) in [6.45, 7) is 4.70. The van der Waals surface area contributed by atoms with Crippen LogP contribution in [0.2, 0.25) is 5.15 Å². The lowest BCUT2D eigenvalue weighted by molar-refractivity contribution is -0.156. The van der Waals surface area contributed by atoms with Crippen LogP contribution in [0, 0.1) is 6.92 Å². The third kappa shape index (κ3) is 4.63. The topological polar surface area (TPSA) is 84.7 Å². The first-order valence-electron chi connectivity index (χ1n) is 8.49. The summed E-state index contributed by atoms with van der Waals surface area (Å²) in [6, 6.07) is 0. The van der Waals surface area contributed by atoms with E-state index >= 15 is 0 Å². The molecule has 26 heavy (non-hydrogen) atoms. The Bertz CT molecular complexity index is 729. The predicted octanol–water partition coefficient (Wildman–Crippen LogP) is 1.71. The third-order valence-corrected chi connectivity index (χ3v) is 4.46. The van der Waals surface area contributed by atoms with Crippen molar-refractivity contribution in [3.05, 3.63) is 22.5 Å². The Morgan fingerprint density at radius 2 is 1.92 bits per heavy atom. The average Bonchev–Trinajstić information content (AvgIpc) is 3.17. The Hall–Kier alpha value is -2.35. The number of amides is 2. The lowest BCUT2D eigenvalue weighted by atomic mass is 10.2. The zero-order valence-electron chi connectivity index (χ0n) is 15.2. The molecule has 0 aromatic carbocycles. The number of hydrogen-bond acceptors (Lipinski definition) is 5. The van der Waals surface area contributed by atoms with E-state index in [1.807, 2.05) is 0 Å². The van der Waals surface area contributed by atoms with Gasteiger partial charge in [-0.2, -0.15) is 5.10 Å². The summed E-state index contributed by atoms with van der Waals surface area (Å²) >= 11 is 6.15. The zero-order valence-corrected chi connectivity index (χ0v) is 16.0. The Kier molecular flexibility index (Phi) is 6.79. The molecule has 2 rings (SSSR count). The summed E-state index contributed by atoms with van der Waals surface area (Å²) in [7, 11) is 1.72. The molecular formula is C17H23ClN4O4. The first kappa shape index (κ1) is 20.0. The minimum absolute atomic E-state index is 0.00549. The molecule has 2 heterocycles. The number of nitrogens with zero attached hydrogens (tertiary/aromatic N) is 4. The molecule has 0 radical (unpaired) electrons. The Morgan fingerprint density at radius 1 is 1.23 bits per heavy atom.